The molecule has 1 fully saturated rings. The van der Waals surface area contributed by atoms with E-state index in [1.165, 1.54) is 0 Å². The smallest absolute Gasteiger partial charge is 0.250 e. The van der Waals surface area contributed by atoms with Crippen LogP contribution in [-0.4, -0.2) is 24.4 Å². The second kappa shape index (κ2) is 5.71. The van der Waals surface area contributed by atoms with Gasteiger partial charge < -0.3 is 5.32 Å². The van der Waals surface area contributed by atoms with Crippen molar-refractivity contribution >= 4 is 17.5 Å². The van der Waals surface area contributed by atoms with Crippen molar-refractivity contribution in [3.05, 3.63) is 29.3 Å². The maximum Gasteiger partial charge on any atom is 0.250 e. The van der Waals surface area contributed by atoms with Gasteiger partial charge in [-0.1, -0.05) is 13.3 Å². The first-order valence-corrected chi connectivity index (χ1v) is 6.30. The van der Waals surface area contributed by atoms with Crippen LogP contribution in [0.5, 0.6) is 0 Å². The summed E-state index contributed by atoms with van der Waals surface area (Å²) in [6.45, 7) is 1.05. The summed E-state index contributed by atoms with van der Waals surface area (Å²) in [5.74, 6) is -8.13. The fourth-order valence-corrected chi connectivity index (χ4v) is 2.18. The largest absolute Gasteiger partial charge is 0.343 e. The predicted molar refractivity (Wildman–Crippen MR) is 65.5 cm³/mol. The number of carbonyl (C=O) groups excluding carboxylic acids is 2. The molecule has 0 aliphatic carbocycles. The van der Waals surface area contributed by atoms with E-state index in [0.717, 1.165) is 0 Å². The van der Waals surface area contributed by atoms with Gasteiger partial charge in [0.1, 0.15) is 18.3 Å². The van der Waals surface area contributed by atoms with Gasteiger partial charge >= 0.3 is 0 Å². The fraction of sp³-hybridized carbons (Fsp3) is 0.385. The van der Waals surface area contributed by atoms with Crippen molar-refractivity contribution in [1.29, 1.82) is 0 Å². The average Bonchev–Trinajstić information content (AvgIpc) is 2.42. The topological polar surface area (TPSA) is 49.4 Å². The van der Waals surface area contributed by atoms with E-state index in [9.17, 15) is 27.2 Å². The first-order valence-electron chi connectivity index (χ1n) is 6.30. The molecule has 4 nitrogen and oxygen atoms in total. The molecule has 1 aliphatic rings. The summed E-state index contributed by atoms with van der Waals surface area (Å²) in [5, 5.41) is 2.37. The Hall–Kier alpha value is -2.12. The lowest BCUT2D eigenvalue weighted by Gasteiger charge is -2.32. The van der Waals surface area contributed by atoms with Gasteiger partial charge in [-0.2, -0.15) is 0 Å². The summed E-state index contributed by atoms with van der Waals surface area (Å²) in [5.41, 5.74) is -1.17. The van der Waals surface area contributed by atoms with Gasteiger partial charge in [0.05, 0.1) is 0 Å². The molecule has 1 N–H and O–H groups in total. The Balaban J connectivity index is 2.50. The maximum atomic E-state index is 13.7. The van der Waals surface area contributed by atoms with Crippen LogP contribution in [0.1, 0.15) is 19.8 Å². The zero-order valence-electron chi connectivity index (χ0n) is 11.1. The van der Waals surface area contributed by atoms with Gasteiger partial charge in [-0.3, -0.25) is 14.5 Å². The molecule has 1 unspecified atom stereocenters. The number of benzene rings is 1. The zero-order chi connectivity index (χ0) is 15.7. The highest BCUT2D eigenvalue weighted by molar-refractivity contribution is 6.06. The highest BCUT2D eigenvalue weighted by atomic mass is 19.2. The predicted octanol–water partition coefficient (Wildman–Crippen LogP) is 1.87. The van der Waals surface area contributed by atoms with E-state index in [2.05, 4.69) is 5.32 Å². The number of rotatable bonds is 3. The molecule has 2 amide bonds. The van der Waals surface area contributed by atoms with Crippen molar-refractivity contribution < 1.29 is 27.2 Å². The third-order valence-electron chi connectivity index (χ3n) is 3.14. The van der Waals surface area contributed by atoms with Crippen molar-refractivity contribution in [2.75, 3.05) is 11.4 Å². The van der Waals surface area contributed by atoms with Crippen LogP contribution in [0.3, 0.4) is 0 Å². The third-order valence-corrected chi connectivity index (χ3v) is 3.14. The molecule has 0 radical (unpaired) electrons. The van der Waals surface area contributed by atoms with E-state index < -0.39 is 53.4 Å². The van der Waals surface area contributed by atoms with Crippen LogP contribution in [0.25, 0.3) is 0 Å². The van der Waals surface area contributed by atoms with Crippen molar-refractivity contribution in [2.45, 2.75) is 25.8 Å². The first-order chi connectivity index (χ1) is 9.86. The van der Waals surface area contributed by atoms with E-state index in [1.807, 2.05) is 0 Å². The van der Waals surface area contributed by atoms with Gasteiger partial charge in [-0.05, 0) is 6.42 Å². The van der Waals surface area contributed by atoms with Gasteiger partial charge in [0, 0.05) is 6.07 Å². The van der Waals surface area contributed by atoms with Crippen molar-refractivity contribution in [1.82, 2.24) is 5.32 Å². The van der Waals surface area contributed by atoms with Gasteiger partial charge in [-0.15, -0.1) is 0 Å². The molecular formula is C13H12F4N2O2. The number of carbonyl (C=O) groups is 2. The second-order valence-electron chi connectivity index (χ2n) is 4.65. The number of nitrogens with one attached hydrogen (secondary N) is 1. The molecule has 1 aliphatic heterocycles. The number of nitrogens with zero attached hydrogens (tertiary/aromatic N) is 1. The van der Waals surface area contributed by atoms with E-state index >= 15 is 0 Å². The quantitative estimate of drug-likeness (QED) is 0.684. The summed E-state index contributed by atoms with van der Waals surface area (Å²) >= 11 is 0. The molecule has 0 bridgehead atoms. The number of amides is 2. The average molecular weight is 304 g/mol. The lowest BCUT2D eigenvalue weighted by molar-refractivity contribution is -0.131. The Labute approximate surface area is 117 Å². The monoisotopic (exact) mass is 304 g/mol. The Kier molecular flexibility index (Phi) is 4.15. The number of hydrogen-bond donors (Lipinski definition) is 1. The Morgan fingerprint density at radius 3 is 2.29 bits per heavy atom. The molecule has 0 spiro atoms. The Morgan fingerprint density at radius 1 is 1.19 bits per heavy atom. The van der Waals surface area contributed by atoms with E-state index in [0.29, 0.717) is 11.3 Å². The molecule has 1 atom stereocenters. The minimum atomic E-state index is -1.70. The van der Waals surface area contributed by atoms with E-state index in [-0.39, 0.29) is 12.5 Å². The molecule has 1 aromatic rings. The molecule has 1 saturated heterocycles. The molecule has 2 rings (SSSR count). The molecule has 114 valence electrons. The Bertz CT molecular complexity index is 580. The first kappa shape index (κ1) is 15.3. The van der Waals surface area contributed by atoms with E-state index in [4.69, 9.17) is 0 Å². The molecule has 8 heteroatoms. The summed E-state index contributed by atoms with van der Waals surface area (Å²) in [7, 11) is 0. The SMILES string of the molecule is CCCC1NC(=O)CN(c2c(F)c(F)cc(F)c2F)C1=O. The number of halogens is 4. The van der Waals surface area contributed by atoms with Crippen LogP contribution in [0, 0.1) is 23.3 Å². The molecule has 1 aromatic carbocycles. The molecular weight excluding hydrogens is 292 g/mol. The molecule has 21 heavy (non-hydrogen) atoms. The summed E-state index contributed by atoms with van der Waals surface area (Å²) in [6.07, 6.45) is 0.787. The van der Waals surface area contributed by atoms with Gasteiger partial charge in [0.15, 0.2) is 23.3 Å². The molecule has 0 saturated carbocycles. The summed E-state index contributed by atoms with van der Waals surface area (Å²) < 4.78 is 53.9. The number of piperazine rings is 1. The standard InChI is InChI=1S/C13H12F4N2O2/c1-2-3-8-13(21)19(5-9(20)18-8)12-10(16)6(14)4-7(15)11(12)17/h4,8H,2-3,5H2,1H3,(H,18,20). The van der Waals surface area contributed by atoms with Crippen LogP contribution in [0.15, 0.2) is 6.07 Å². The normalized spacial score (nSPS) is 18.9. The minimum absolute atomic E-state index is 0.0478. The maximum absolute atomic E-state index is 13.7. The molecule has 0 aromatic heterocycles. The second-order valence-corrected chi connectivity index (χ2v) is 4.65. The highest BCUT2D eigenvalue weighted by Gasteiger charge is 2.37. The lowest BCUT2D eigenvalue weighted by atomic mass is 10.1. The number of anilines is 1. The van der Waals surface area contributed by atoms with Crippen molar-refractivity contribution in [3.63, 3.8) is 0 Å². The number of hydrogen-bond acceptors (Lipinski definition) is 2. The van der Waals surface area contributed by atoms with Crippen LogP contribution in [0.4, 0.5) is 23.2 Å². The summed E-state index contributed by atoms with van der Waals surface area (Å²) in [4.78, 5) is 24.1. The van der Waals surface area contributed by atoms with Crippen molar-refractivity contribution in [3.8, 4) is 0 Å². The van der Waals surface area contributed by atoms with Gasteiger partial charge in [0.2, 0.25) is 11.8 Å². The van der Waals surface area contributed by atoms with Crippen LogP contribution in [-0.2, 0) is 9.59 Å². The molecule has 1 heterocycles. The lowest BCUT2D eigenvalue weighted by Crippen LogP contribution is -2.58. The van der Waals surface area contributed by atoms with Crippen LogP contribution in [0.2, 0.25) is 0 Å². The van der Waals surface area contributed by atoms with E-state index in [1.54, 1.807) is 6.92 Å². The van der Waals surface area contributed by atoms with Crippen LogP contribution < -0.4 is 10.2 Å². The van der Waals surface area contributed by atoms with Crippen molar-refractivity contribution in [2.24, 2.45) is 0 Å². The highest BCUT2D eigenvalue weighted by Crippen LogP contribution is 2.29. The minimum Gasteiger partial charge on any atom is -0.343 e. The Morgan fingerprint density at radius 2 is 1.76 bits per heavy atom. The zero-order valence-corrected chi connectivity index (χ0v) is 11.1. The van der Waals surface area contributed by atoms with Gasteiger partial charge in [-0.25, -0.2) is 17.6 Å². The van der Waals surface area contributed by atoms with Crippen LogP contribution >= 0.6 is 0 Å². The van der Waals surface area contributed by atoms with Gasteiger partial charge in [0.25, 0.3) is 0 Å². The third kappa shape index (κ3) is 2.70. The summed E-state index contributed by atoms with van der Waals surface area (Å²) in [6, 6.07) is -0.923. The fourth-order valence-electron chi connectivity index (χ4n) is 2.18.